The van der Waals surface area contributed by atoms with Crippen molar-refractivity contribution in [3.63, 3.8) is 0 Å². The van der Waals surface area contributed by atoms with Gasteiger partial charge in [-0.3, -0.25) is 14.4 Å². The van der Waals surface area contributed by atoms with Crippen LogP contribution in [-0.2, 0) is 33.4 Å². The van der Waals surface area contributed by atoms with Crippen LogP contribution in [-0.4, -0.2) is 60.4 Å². The molecule has 0 saturated heterocycles. The molecular weight excluding hydrogens is 713 g/mol. The highest BCUT2D eigenvalue weighted by Gasteiger charge is 2.36. The number of nitrogens with zero attached hydrogens (tertiary/aromatic N) is 1. The fourth-order valence-electron chi connectivity index (χ4n) is 5.57. The molecule has 0 saturated carbocycles. The molecule has 0 bridgehead atoms. The van der Waals surface area contributed by atoms with Gasteiger partial charge in [-0.05, 0) is 57.7 Å². The maximum Gasteiger partial charge on any atom is 0.342 e. The fourth-order valence-corrected chi connectivity index (χ4v) is 5.57. The molecule has 1 aliphatic rings. The van der Waals surface area contributed by atoms with Gasteiger partial charge in [-0.2, -0.15) is 0 Å². The Kier molecular flexibility index (Phi) is 13.6. The number of nitrogens with one attached hydrogen (secondary N) is 3. The number of aromatic amines is 1. The molecule has 2 amide bonds. The minimum atomic E-state index is -1.03. The normalized spacial score (nSPS) is 14.0. The zero-order chi connectivity index (χ0) is 41.4. The summed E-state index contributed by atoms with van der Waals surface area (Å²) in [7, 11) is 0. The van der Waals surface area contributed by atoms with Gasteiger partial charge in [0.15, 0.2) is 0 Å². The van der Waals surface area contributed by atoms with Gasteiger partial charge in [0.1, 0.15) is 22.8 Å². The van der Waals surface area contributed by atoms with E-state index in [1.165, 1.54) is 0 Å². The number of aromatic nitrogens is 1. The van der Waals surface area contributed by atoms with Crippen molar-refractivity contribution < 1.29 is 38.2 Å². The molecule has 12 heteroatoms. The number of hydrogen-bond donors (Lipinski definition) is 3. The van der Waals surface area contributed by atoms with Gasteiger partial charge in [0.05, 0.1) is 36.6 Å². The van der Waals surface area contributed by atoms with E-state index in [4.69, 9.17) is 19.2 Å². The van der Waals surface area contributed by atoms with Crippen molar-refractivity contribution >= 4 is 53.0 Å². The highest BCUT2D eigenvalue weighted by atomic mass is 16.5. The number of ether oxygens (including phenoxy) is 3. The van der Waals surface area contributed by atoms with Crippen molar-refractivity contribution in [3.05, 3.63) is 88.8 Å². The summed E-state index contributed by atoms with van der Waals surface area (Å²) in [5, 5.41) is 5.76. The molecule has 2 aromatic carbocycles. The van der Waals surface area contributed by atoms with E-state index in [2.05, 4.69) is 15.6 Å². The third-order valence-electron chi connectivity index (χ3n) is 9.53. The quantitative estimate of drug-likeness (QED) is 0.109. The van der Waals surface area contributed by atoms with Crippen molar-refractivity contribution in [2.24, 2.45) is 21.2 Å². The minimum Gasteiger partial charge on any atom is -0.465 e. The Morgan fingerprint density at radius 1 is 0.714 bits per heavy atom. The van der Waals surface area contributed by atoms with Crippen LogP contribution in [0, 0.1) is 16.2 Å². The first kappa shape index (κ1) is 43.0. The van der Waals surface area contributed by atoms with Crippen LogP contribution in [0.4, 0.5) is 5.82 Å². The molecule has 0 radical (unpaired) electrons. The molecule has 3 N–H and O–H groups in total. The van der Waals surface area contributed by atoms with Crippen LogP contribution in [0.2, 0.25) is 0 Å². The van der Waals surface area contributed by atoms with Crippen LogP contribution in [0.5, 0.6) is 0 Å². The number of hydrogen-bond acceptors (Lipinski definition) is 9. The first-order valence-electron chi connectivity index (χ1n) is 18.9. The highest BCUT2D eigenvalue weighted by Crippen LogP contribution is 2.40. The molecule has 0 aliphatic carbocycles. The summed E-state index contributed by atoms with van der Waals surface area (Å²) in [6, 6.07) is 18.2. The zero-order valence-electron chi connectivity index (χ0n) is 34.1. The van der Waals surface area contributed by atoms with Crippen molar-refractivity contribution in [2.45, 2.75) is 82.1 Å². The van der Waals surface area contributed by atoms with E-state index in [-0.39, 0.29) is 66.6 Å². The third kappa shape index (κ3) is 9.90. The number of aliphatic imine (C=N–C) groups is 1. The number of carbonyl (C=O) groups is 5. The molecular formula is C44H54N4O8. The average Bonchev–Trinajstić information content (AvgIpc) is 3.69. The van der Waals surface area contributed by atoms with Crippen LogP contribution in [0.25, 0.3) is 22.8 Å². The van der Waals surface area contributed by atoms with E-state index >= 15 is 0 Å². The van der Waals surface area contributed by atoms with Gasteiger partial charge in [0, 0.05) is 22.0 Å². The lowest BCUT2D eigenvalue weighted by atomic mass is 9.88. The predicted molar refractivity (Wildman–Crippen MR) is 217 cm³/mol. The number of allylic oxidation sites excluding steroid dienone is 1. The minimum absolute atomic E-state index is 0.0187. The first-order chi connectivity index (χ1) is 26.4. The number of H-pyrrole nitrogens is 1. The average molecular weight is 767 g/mol. The Labute approximate surface area is 329 Å². The van der Waals surface area contributed by atoms with Gasteiger partial charge < -0.3 is 29.8 Å². The lowest BCUT2D eigenvalue weighted by Crippen LogP contribution is -2.40. The number of carbonyl (C=O) groups excluding carboxylic acids is 5. The molecule has 0 spiro atoms. The smallest absolute Gasteiger partial charge is 0.342 e. The topological polar surface area (TPSA) is 165 Å². The Bertz CT molecular complexity index is 2050. The molecule has 12 nitrogen and oxygen atoms in total. The SMILES string of the molecule is CCOC(=O)C1=C(c2ccccc2)C(=Cc2[nH]c(NC(=O)C(C)(C)CCOC(=O)C(C)(C)CC)c(C(=O)OCC)c2-c2ccccc2)N=C1NC(=O)C(C)(C)C. The van der Waals surface area contributed by atoms with E-state index < -0.39 is 34.1 Å². The second-order valence-corrected chi connectivity index (χ2v) is 15.7. The Balaban J connectivity index is 1.93. The number of amides is 2. The van der Waals surface area contributed by atoms with Crippen LogP contribution < -0.4 is 10.6 Å². The summed E-state index contributed by atoms with van der Waals surface area (Å²) in [5.41, 5.74) is 0.346. The molecule has 4 rings (SSSR count). The van der Waals surface area contributed by atoms with Gasteiger partial charge in [-0.1, -0.05) is 102 Å². The van der Waals surface area contributed by atoms with Gasteiger partial charge in [0.25, 0.3) is 0 Å². The molecule has 1 aliphatic heterocycles. The second kappa shape index (κ2) is 17.8. The maximum atomic E-state index is 14.0. The maximum absolute atomic E-state index is 14.0. The molecule has 0 unspecified atom stereocenters. The Morgan fingerprint density at radius 2 is 1.29 bits per heavy atom. The largest absolute Gasteiger partial charge is 0.465 e. The molecule has 56 heavy (non-hydrogen) atoms. The summed E-state index contributed by atoms with van der Waals surface area (Å²) >= 11 is 0. The summed E-state index contributed by atoms with van der Waals surface area (Å²) in [5.74, 6) is -2.41. The number of esters is 3. The molecule has 2 heterocycles. The Hall–Kier alpha value is -5.78. The highest BCUT2D eigenvalue weighted by molar-refractivity contribution is 6.31. The molecule has 0 fully saturated rings. The monoisotopic (exact) mass is 766 g/mol. The number of amidine groups is 1. The number of benzene rings is 2. The summed E-state index contributed by atoms with van der Waals surface area (Å²) in [4.78, 5) is 75.5. The van der Waals surface area contributed by atoms with E-state index in [9.17, 15) is 24.0 Å². The second-order valence-electron chi connectivity index (χ2n) is 15.7. The molecule has 298 valence electrons. The fraction of sp³-hybridized carbons (Fsp3) is 0.409. The summed E-state index contributed by atoms with van der Waals surface area (Å²) in [6.07, 6.45) is 2.48. The van der Waals surface area contributed by atoms with Crippen molar-refractivity contribution in [1.82, 2.24) is 10.3 Å². The lowest BCUT2D eigenvalue weighted by Gasteiger charge is -2.25. The molecule has 1 aromatic heterocycles. The van der Waals surface area contributed by atoms with Gasteiger partial charge >= 0.3 is 17.9 Å². The van der Waals surface area contributed by atoms with E-state index in [1.54, 1.807) is 54.5 Å². The van der Waals surface area contributed by atoms with Crippen LogP contribution in [0.3, 0.4) is 0 Å². The van der Waals surface area contributed by atoms with E-state index in [0.29, 0.717) is 34.4 Å². The zero-order valence-corrected chi connectivity index (χ0v) is 34.1. The van der Waals surface area contributed by atoms with Crippen LogP contribution >= 0.6 is 0 Å². The third-order valence-corrected chi connectivity index (χ3v) is 9.53. The van der Waals surface area contributed by atoms with Gasteiger partial charge in [0.2, 0.25) is 11.8 Å². The summed E-state index contributed by atoms with van der Waals surface area (Å²) < 4.78 is 16.6. The number of anilines is 1. The van der Waals surface area contributed by atoms with Gasteiger partial charge in [-0.15, -0.1) is 0 Å². The standard InChI is InChI=1S/C44H54N4O8/c1-11-43(7,8)41(53)56-25-24-44(9,10)40(52)48-36-34(38(50)55-13-3)32(28-22-18-15-19-23-28)30(46-36)26-29-31(27-20-16-14-17-21-27)33(37(49)54-12-2)35(45-29)47-39(51)42(4,5)6/h14-23,26,46H,11-13,24-25H2,1-10H3,(H,48,52)(H,45,47,51). The first-order valence-corrected chi connectivity index (χ1v) is 18.9. The van der Waals surface area contributed by atoms with Crippen molar-refractivity contribution in [3.8, 4) is 11.1 Å². The van der Waals surface area contributed by atoms with E-state index in [0.717, 1.165) is 0 Å². The van der Waals surface area contributed by atoms with Crippen LogP contribution in [0.15, 0.2) is 76.9 Å². The number of rotatable bonds is 14. The summed E-state index contributed by atoms with van der Waals surface area (Å²) in [6.45, 7) is 17.8. The van der Waals surface area contributed by atoms with Gasteiger partial charge in [-0.25, -0.2) is 14.6 Å². The molecule has 0 atom stereocenters. The van der Waals surface area contributed by atoms with Crippen LogP contribution in [0.1, 0.15) is 104 Å². The van der Waals surface area contributed by atoms with Crippen molar-refractivity contribution in [1.29, 1.82) is 0 Å². The Morgan fingerprint density at radius 3 is 1.84 bits per heavy atom. The predicted octanol–water partition coefficient (Wildman–Crippen LogP) is 8.12. The molecule has 3 aromatic rings. The lowest BCUT2D eigenvalue weighted by molar-refractivity contribution is -0.155. The van der Waals surface area contributed by atoms with Crippen molar-refractivity contribution in [2.75, 3.05) is 25.1 Å². The van der Waals surface area contributed by atoms with E-state index in [1.807, 2.05) is 81.4 Å².